The molecule has 0 bridgehead atoms. The summed E-state index contributed by atoms with van der Waals surface area (Å²) in [6.45, 7) is 3.47. The van der Waals surface area contributed by atoms with Crippen molar-refractivity contribution in [2.45, 2.75) is 0 Å². The maximum Gasteiger partial charge on any atom is 0.342 e. The molecule has 1 amide bonds. The number of aromatic nitrogens is 2. The van der Waals surface area contributed by atoms with Crippen LogP contribution < -0.4 is 5.73 Å². The molecule has 1 heterocycles. The number of carbonyl (C=O) groups is 2. The van der Waals surface area contributed by atoms with Crippen LogP contribution in [0.5, 0.6) is 0 Å². The van der Waals surface area contributed by atoms with E-state index in [2.05, 4.69) is 11.7 Å². The van der Waals surface area contributed by atoms with Crippen molar-refractivity contribution in [1.29, 1.82) is 0 Å². The quantitative estimate of drug-likeness (QED) is 0.676. The first kappa shape index (κ1) is 14.8. The molecule has 0 spiro atoms. The summed E-state index contributed by atoms with van der Waals surface area (Å²) < 4.78 is 6.15. The van der Waals surface area contributed by atoms with Crippen LogP contribution in [0.15, 0.2) is 43.1 Å². The molecule has 2 aromatic rings. The van der Waals surface area contributed by atoms with Crippen LogP contribution in [-0.2, 0) is 4.74 Å². The molecule has 21 heavy (non-hydrogen) atoms. The van der Waals surface area contributed by atoms with Crippen LogP contribution in [0.1, 0.15) is 20.8 Å². The van der Waals surface area contributed by atoms with E-state index in [1.807, 2.05) is 0 Å². The number of nitrogens with zero attached hydrogens (tertiary/aromatic N) is 2. The second-order valence-electron chi connectivity index (χ2n) is 4.05. The van der Waals surface area contributed by atoms with E-state index < -0.39 is 11.9 Å². The Morgan fingerprint density at radius 1 is 1.48 bits per heavy atom. The van der Waals surface area contributed by atoms with Gasteiger partial charge in [0.15, 0.2) is 0 Å². The van der Waals surface area contributed by atoms with Crippen molar-refractivity contribution >= 4 is 23.5 Å². The summed E-state index contributed by atoms with van der Waals surface area (Å²) in [6.07, 6.45) is 2.65. The SMILES string of the molecule is C=CCOC(=O)c1cnn(-c2cccc(Cl)c2)c1C(N)=O. The van der Waals surface area contributed by atoms with Crippen molar-refractivity contribution in [3.8, 4) is 5.69 Å². The van der Waals surface area contributed by atoms with E-state index in [9.17, 15) is 9.59 Å². The molecule has 1 aromatic heterocycles. The smallest absolute Gasteiger partial charge is 0.342 e. The Hall–Kier alpha value is -2.60. The summed E-state index contributed by atoms with van der Waals surface area (Å²) in [6, 6.07) is 6.65. The van der Waals surface area contributed by atoms with Crippen LogP contribution in [0.2, 0.25) is 5.02 Å². The molecule has 0 saturated carbocycles. The van der Waals surface area contributed by atoms with Gasteiger partial charge in [0.2, 0.25) is 0 Å². The normalized spacial score (nSPS) is 10.1. The van der Waals surface area contributed by atoms with Crippen molar-refractivity contribution in [2.75, 3.05) is 6.61 Å². The average Bonchev–Trinajstić information content (AvgIpc) is 2.89. The van der Waals surface area contributed by atoms with Crippen LogP contribution in [0.3, 0.4) is 0 Å². The molecular weight excluding hydrogens is 294 g/mol. The highest BCUT2D eigenvalue weighted by molar-refractivity contribution is 6.30. The fraction of sp³-hybridized carbons (Fsp3) is 0.0714. The number of halogens is 1. The molecule has 0 unspecified atom stereocenters. The average molecular weight is 306 g/mol. The Bertz CT molecular complexity index is 709. The minimum atomic E-state index is -0.793. The van der Waals surface area contributed by atoms with Gasteiger partial charge in [0.05, 0.1) is 11.9 Å². The number of hydrogen-bond acceptors (Lipinski definition) is 4. The van der Waals surface area contributed by atoms with Crippen molar-refractivity contribution < 1.29 is 14.3 Å². The number of ether oxygens (including phenoxy) is 1. The first-order valence-corrected chi connectivity index (χ1v) is 6.34. The van der Waals surface area contributed by atoms with Crippen LogP contribution >= 0.6 is 11.6 Å². The molecular formula is C14H12ClN3O3. The number of primary amides is 1. The summed E-state index contributed by atoms with van der Waals surface area (Å²) in [4.78, 5) is 23.5. The van der Waals surface area contributed by atoms with Gasteiger partial charge in [-0.1, -0.05) is 30.3 Å². The lowest BCUT2D eigenvalue weighted by Crippen LogP contribution is -2.21. The predicted molar refractivity (Wildman–Crippen MR) is 77.6 cm³/mol. The second-order valence-corrected chi connectivity index (χ2v) is 4.49. The zero-order chi connectivity index (χ0) is 15.4. The lowest BCUT2D eigenvalue weighted by Gasteiger charge is -2.07. The van der Waals surface area contributed by atoms with E-state index in [1.54, 1.807) is 24.3 Å². The molecule has 0 aliphatic heterocycles. The molecule has 0 aliphatic rings. The van der Waals surface area contributed by atoms with Gasteiger partial charge in [-0.25, -0.2) is 9.48 Å². The van der Waals surface area contributed by atoms with Crippen LogP contribution in [0.25, 0.3) is 5.69 Å². The summed E-state index contributed by atoms with van der Waals surface area (Å²) in [5.74, 6) is -1.49. The van der Waals surface area contributed by atoms with Gasteiger partial charge in [-0.2, -0.15) is 5.10 Å². The first-order chi connectivity index (χ1) is 10.0. The molecule has 2 rings (SSSR count). The summed E-state index contributed by atoms with van der Waals surface area (Å²) in [5, 5.41) is 4.48. The molecule has 2 N–H and O–H groups in total. The number of nitrogens with two attached hydrogens (primary N) is 1. The maximum atomic E-state index is 11.9. The predicted octanol–water partition coefficient (Wildman–Crippen LogP) is 1.97. The first-order valence-electron chi connectivity index (χ1n) is 5.96. The zero-order valence-electron chi connectivity index (χ0n) is 11.0. The third kappa shape index (κ3) is 3.11. The Labute approximate surface area is 125 Å². The van der Waals surface area contributed by atoms with Gasteiger partial charge in [-0.3, -0.25) is 4.79 Å². The van der Waals surface area contributed by atoms with Crippen molar-refractivity contribution in [1.82, 2.24) is 9.78 Å². The zero-order valence-corrected chi connectivity index (χ0v) is 11.7. The number of amides is 1. The lowest BCUT2D eigenvalue weighted by atomic mass is 10.2. The molecule has 0 radical (unpaired) electrons. The molecule has 108 valence electrons. The monoisotopic (exact) mass is 305 g/mol. The summed E-state index contributed by atoms with van der Waals surface area (Å²) in [5.41, 5.74) is 5.78. The summed E-state index contributed by atoms with van der Waals surface area (Å²) in [7, 11) is 0. The highest BCUT2D eigenvalue weighted by Crippen LogP contribution is 2.19. The Morgan fingerprint density at radius 2 is 2.24 bits per heavy atom. The van der Waals surface area contributed by atoms with Gasteiger partial charge in [0.25, 0.3) is 5.91 Å². The summed E-state index contributed by atoms with van der Waals surface area (Å²) >= 11 is 5.90. The standard InChI is InChI=1S/C14H12ClN3O3/c1-2-6-21-14(20)11-8-17-18(12(11)13(16)19)10-5-3-4-9(15)7-10/h2-5,7-8H,1,6H2,(H2,16,19). The molecule has 0 aliphatic carbocycles. The van der Waals surface area contributed by atoms with Gasteiger partial charge >= 0.3 is 5.97 Å². The second kappa shape index (κ2) is 6.23. The number of esters is 1. The van der Waals surface area contributed by atoms with Gasteiger partial charge in [-0.05, 0) is 18.2 Å². The van der Waals surface area contributed by atoms with Gasteiger partial charge in [0, 0.05) is 5.02 Å². The number of rotatable bonds is 5. The van der Waals surface area contributed by atoms with Gasteiger partial charge in [0.1, 0.15) is 17.9 Å². The fourth-order valence-electron chi connectivity index (χ4n) is 1.75. The lowest BCUT2D eigenvalue weighted by molar-refractivity contribution is 0.0546. The Morgan fingerprint density at radius 3 is 2.86 bits per heavy atom. The third-order valence-corrected chi connectivity index (χ3v) is 2.84. The van der Waals surface area contributed by atoms with Crippen molar-refractivity contribution in [3.63, 3.8) is 0 Å². The Balaban J connectivity index is 2.49. The van der Waals surface area contributed by atoms with E-state index in [0.717, 1.165) is 0 Å². The minimum absolute atomic E-state index is 0.00988. The molecule has 0 saturated heterocycles. The third-order valence-electron chi connectivity index (χ3n) is 2.61. The Kier molecular flexibility index (Phi) is 4.39. The van der Waals surface area contributed by atoms with E-state index in [-0.39, 0.29) is 17.9 Å². The van der Waals surface area contributed by atoms with Crippen LogP contribution in [0, 0.1) is 0 Å². The van der Waals surface area contributed by atoms with E-state index >= 15 is 0 Å². The van der Waals surface area contributed by atoms with Crippen molar-refractivity contribution in [2.24, 2.45) is 5.73 Å². The molecule has 6 nitrogen and oxygen atoms in total. The van der Waals surface area contributed by atoms with Gasteiger partial charge < -0.3 is 10.5 Å². The molecule has 0 atom stereocenters. The highest BCUT2D eigenvalue weighted by atomic mass is 35.5. The highest BCUT2D eigenvalue weighted by Gasteiger charge is 2.23. The largest absolute Gasteiger partial charge is 0.458 e. The minimum Gasteiger partial charge on any atom is -0.458 e. The van der Waals surface area contributed by atoms with E-state index in [1.165, 1.54) is 17.0 Å². The van der Waals surface area contributed by atoms with Crippen LogP contribution in [0.4, 0.5) is 0 Å². The van der Waals surface area contributed by atoms with Crippen molar-refractivity contribution in [3.05, 3.63) is 59.4 Å². The van der Waals surface area contributed by atoms with Gasteiger partial charge in [-0.15, -0.1) is 0 Å². The molecule has 7 heteroatoms. The number of hydrogen-bond donors (Lipinski definition) is 1. The van der Waals surface area contributed by atoms with E-state index in [0.29, 0.717) is 10.7 Å². The van der Waals surface area contributed by atoms with Crippen LogP contribution in [-0.4, -0.2) is 28.3 Å². The molecule has 0 fully saturated rings. The number of carbonyl (C=O) groups excluding carboxylic acids is 2. The fourth-order valence-corrected chi connectivity index (χ4v) is 1.94. The topological polar surface area (TPSA) is 87.2 Å². The number of benzene rings is 1. The maximum absolute atomic E-state index is 11.9. The van der Waals surface area contributed by atoms with E-state index in [4.69, 9.17) is 22.1 Å². The molecule has 1 aromatic carbocycles.